The molecule has 0 aliphatic rings. The van der Waals surface area contributed by atoms with Crippen molar-refractivity contribution in [2.24, 2.45) is 0 Å². The third-order valence-electron chi connectivity index (χ3n) is 4.70. The summed E-state index contributed by atoms with van der Waals surface area (Å²) in [4.78, 5) is 16.3. The number of fused-ring (bicyclic) bond motifs is 3. The van der Waals surface area contributed by atoms with Crippen LogP contribution in [0.1, 0.15) is 11.5 Å². The molecule has 0 saturated heterocycles. The van der Waals surface area contributed by atoms with Crippen LogP contribution >= 0.6 is 0 Å². The molecule has 0 amide bonds. The highest BCUT2D eigenvalue weighted by molar-refractivity contribution is 5.82. The minimum Gasteiger partial charge on any atom is -0.486 e. The van der Waals surface area contributed by atoms with Crippen LogP contribution in [0.25, 0.3) is 22.6 Å². The van der Waals surface area contributed by atoms with Gasteiger partial charge in [0, 0.05) is 0 Å². The second-order valence-corrected chi connectivity index (χ2v) is 6.80. The fourth-order valence-corrected chi connectivity index (χ4v) is 3.20. The number of rotatable bonds is 6. The van der Waals surface area contributed by atoms with Gasteiger partial charge in [0.15, 0.2) is 17.0 Å². The molecule has 3 aromatic heterocycles. The zero-order valence-corrected chi connectivity index (χ0v) is 16.8. The van der Waals surface area contributed by atoms with Gasteiger partial charge in [-0.3, -0.25) is 4.79 Å². The van der Waals surface area contributed by atoms with Crippen LogP contribution in [0.15, 0.2) is 54.6 Å². The third-order valence-corrected chi connectivity index (χ3v) is 4.70. The summed E-state index contributed by atoms with van der Waals surface area (Å²) in [5.74, 6) is 0.438. The van der Waals surface area contributed by atoms with E-state index in [4.69, 9.17) is 9.47 Å². The van der Waals surface area contributed by atoms with Crippen molar-refractivity contribution in [1.82, 2.24) is 34.6 Å². The number of halogens is 1. The molecule has 0 aliphatic heterocycles. The van der Waals surface area contributed by atoms with E-state index in [1.807, 2.05) is 30.3 Å². The zero-order chi connectivity index (χ0) is 22.1. The Morgan fingerprint density at radius 1 is 1.03 bits per heavy atom. The predicted molar refractivity (Wildman–Crippen MR) is 110 cm³/mol. The van der Waals surface area contributed by atoms with Gasteiger partial charge in [-0.15, -0.1) is 15.3 Å². The van der Waals surface area contributed by atoms with Gasteiger partial charge in [-0.1, -0.05) is 18.2 Å². The van der Waals surface area contributed by atoms with E-state index in [2.05, 4.69) is 25.4 Å². The highest BCUT2D eigenvalue weighted by Crippen LogP contribution is 2.22. The van der Waals surface area contributed by atoms with Crippen molar-refractivity contribution < 1.29 is 18.7 Å². The second-order valence-electron chi connectivity index (χ2n) is 6.80. The highest BCUT2D eigenvalue weighted by atomic mass is 19.1. The molecule has 0 bridgehead atoms. The molecule has 0 saturated carbocycles. The monoisotopic (exact) mass is 433 g/mol. The number of para-hydroxylation sites is 1. The van der Waals surface area contributed by atoms with Crippen molar-refractivity contribution in [3.8, 4) is 11.4 Å². The number of ether oxygens (including phenoxy) is 2. The maximum atomic E-state index is 13.5. The summed E-state index contributed by atoms with van der Waals surface area (Å²) in [6.45, 7) is 0.120. The van der Waals surface area contributed by atoms with Crippen LogP contribution in [0.2, 0.25) is 0 Å². The first-order valence-electron chi connectivity index (χ1n) is 9.63. The van der Waals surface area contributed by atoms with E-state index in [0.717, 1.165) is 0 Å². The molecule has 0 atom stereocenters. The molecule has 0 N–H and O–H groups in total. The van der Waals surface area contributed by atoms with Crippen LogP contribution in [-0.4, -0.2) is 47.7 Å². The topological polar surface area (TPSA) is 109 Å². The minimum absolute atomic E-state index is 0.111. The number of esters is 1. The lowest BCUT2D eigenvalue weighted by Crippen LogP contribution is -2.06. The normalized spacial score (nSPS) is 11.2. The number of benzene rings is 2. The van der Waals surface area contributed by atoms with E-state index < -0.39 is 5.97 Å². The summed E-state index contributed by atoms with van der Waals surface area (Å²) >= 11 is 0. The lowest BCUT2D eigenvalue weighted by atomic mass is 10.3. The Balaban J connectivity index is 1.62. The van der Waals surface area contributed by atoms with Gasteiger partial charge in [0.2, 0.25) is 0 Å². The average Bonchev–Trinajstić information content (AvgIpc) is 3.40. The quantitative estimate of drug-likeness (QED) is 0.375. The molecule has 5 rings (SSSR count). The van der Waals surface area contributed by atoms with Crippen LogP contribution in [-0.2, 0) is 22.6 Å². The summed E-state index contributed by atoms with van der Waals surface area (Å²) < 4.78 is 26.9. The van der Waals surface area contributed by atoms with Crippen LogP contribution in [0.3, 0.4) is 0 Å². The van der Waals surface area contributed by atoms with Gasteiger partial charge < -0.3 is 9.47 Å². The van der Waals surface area contributed by atoms with E-state index in [0.29, 0.717) is 34.1 Å². The van der Waals surface area contributed by atoms with Gasteiger partial charge in [-0.2, -0.15) is 14.6 Å². The van der Waals surface area contributed by atoms with Crippen molar-refractivity contribution in [2.45, 2.75) is 13.0 Å². The van der Waals surface area contributed by atoms with Crippen molar-refractivity contribution >= 4 is 22.9 Å². The molecule has 3 heterocycles. The van der Waals surface area contributed by atoms with E-state index in [9.17, 15) is 9.18 Å². The van der Waals surface area contributed by atoms with Gasteiger partial charge >= 0.3 is 5.97 Å². The van der Waals surface area contributed by atoms with Gasteiger partial charge in [-0.05, 0) is 36.4 Å². The lowest BCUT2D eigenvalue weighted by molar-refractivity contribution is -0.139. The first-order valence-corrected chi connectivity index (χ1v) is 9.63. The molecular formula is C21H16FN7O3. The Hall–Kier alpha value is -4.41. The van der Waals surface area contributed by atoms with Crippen LogP contribution < -0.4 is 4.74 Å². The summed E-state index contributed by atoms with van der Waals surface area (Å²) in [5, 5.41) is 17.3. The molecule has 0 unspecified atom stereocenters. The van der Waals surface area contributed by atoms with Crippen molar-refractivity contribution in [2.75, 3.05) is 7.11 Å². The van der Waals surface area contributed by atoms with Crippen molar-refractivity contribution in [1.29, 1.82) is 0 Å². The van der Waals surface area contributed by atoms with Crippen LogP contribution in [0.4, 0.5) is 4.39 Å². The zero-order valence-electron chi connectivity index (χ0n) is 16.8. The number of carbonyl (C=O) groups is 1. The molecule has 0 aliphatic carbocycles. The smallest absolute Gasteiger partial charge is 0.311 e. The SMILES string of the molecule is COC(=O)Cc1nn(-c2ccc(F)cc2)c2c1nnc1nc(COc3ccccc3)nn12. The summed E-state index contributed by atoms with van der Waals surface area (Å²) in [6.07, 6.45) is -0.111. The summed E-state index contributed by atoms with van der Waals surface area (Å²) in [7, 11) is 1.29. The number of hydrogen-bond donors (Lipinski definition) is 0. The molecule has 2 aromatic carbocycles. The Bertz CT molecular complexity index is 1410. The minimum atomic E-state index is -0.479. The molecular weight excluding hydrogens is 417 g/mol. The molecule has 11 heteroatoms. The number of hydrogen-bond acceptors (Lipinski definition) is 8. The fourth-order valence-electron chi connectivity index (χ4n) is 3.20. The van der Waals surface area contributed by atoms with Crippen LogP contribution in [0, 0.1) is 5.82 Å². The van der Waals surface area contributed by atoms with Gasteiger partial charge in [0.1, 0.15) is 23.9 Å². The fraction of sp³-hybridized carbons (Fsp3) is 0.143. The molecule has 0 fully saturated rings. The summed E-state index contributed by atoms with van der Waals surface area (Å²) in [6, 6.07) is 15.0. The molecule has 32 heavy (non-hydrogen) atoms. The molecule has 5 aromatic rings. The Morgan fingerprint density at radius 3 is 2.56 bits per heavy atom. The Morgan fingerprint density at radius 2 is 1.81 bits per heavy atom. The highest BCUT2D eigenvalue weighted by Gasteiger charge is 2.22. The van der Waals surface area contributed by atoms with Crippen molar-refractivity contribution in [3.05, 3.63) is 71.9 Å². The number of methoxy groups -OCH3 is 1. The van der Waals surface area contributed by atoms with E-state index in [1.165, 1.54) is 28.4 Å². The Labute approximate surface area is 180 Å². The molecule has 160 valence electrons. The largest absolute Gasteiger partial charge is 0.486 e. The average molecular weight is 433 g/mol. The van der Waals surface area contributed by atoms with E-state index in [-0.39, 0.29) is 24.6 Å². The molecule has 0 spiro atoms. The standard InChI is InChI=1S/C21H16FN7O3/c1-31-18(30)11-16-19-20(28(26-16)14-9-7-13(22)8-10-14)29-21(25-24-19)23-17(27-29)12-32-15-5-3-2-4-6-15/h2-10H,11-12H2,1H3. The number of aromatic nitrogens is 7. The third kappa shape index (κ3) is 3.60. The number of carbonyl (C=O) groups excluding carboxylic acids is 1. The lowest BCUT2D eigenvalue weighted by Gasteiger charge is -2.03. The number of nitrogens with zero attached hydrogens (tertiary/aromatic N) is 7. The molecule has 10 nitrogen and oxygen atoms in total. The van der Waals surface area contributed by atoms with Gasteiger partial charge in [0.05, 0.1) is 19.2 Å². The first-order chi connectivity index (χ1) is 15.6. The van der Waals surface area contributed by atoms with Crippen molar-refractivity contribution in [3.63, 3.8) is 0 Å². The second kappa shape index (κ2) is 8.02. The first kappa shape index (κ1) is 19.5. The molecule has 0 radical (unpaired) electrons. The maximum absolute atomic E-state index is 13.5. The summed E-state index contributed by atoms with van der Waals surface area (Å²) in [5.41, 5.74) is 1.69. The predicted octanol–water partition coefficient (Wildman–Crippen LogP) is 2.29. The van der Waals surface area contributed by atoms with Gasteiger partial charge in [-0.25, -0.2) is 9.07 Å². The van der Waals surface area contributed by atoms with Crippen LogP contribution in [0.5, 0.6) is 5.75 Å². The Kier molecular flexibility index (Phi) is 4.90. The maximum Gasteiger partial charge on any atom is 0.311 e. The van der Waals surface area contributed by atoms with E-state index in [1.54, 1.807) is 12.1 Å². The van der Waals surface area contributed by atoms with Gasteiger partial charge in [0.25, 0.3) is 5.78 Å². The van der Waals surface area contributed by atoms with E-state index >= 15 is 0 Å².